The molecule has 0 unspecified atom stereocenters. The number of nitrogens with two attached hydrogens (primary N) is 1. The number of carbonyl (C=O) groups excluding carboxylic acids is 1. The van der Waals surface area contributed by atoms with E-state index >= 15 is 0 Å². The molecule has 1 amide bonds. The van der Waals surface area contributed by atoms with Gasteiger partial charge >= 0.3 is 0 Å². The molecule has 1 aliphatic heterocycles. The van der Waals surface area contributed by atoms with Gasteiger partial charge in [0.1, 0.15) is 16.9 Å². The number of nitrogen functional groups attached to an aromatic ring is 1. The predicted octanol–water partition coefficient (Wildman–Crippen LogP) is 3.68. The minimum Gasteiger partial charge on any atom is -0.384 e. The number of rotatable bonds is 5. The molecule has 1 fully saturated rings. The molecule has 7 heteroatoms. The summed E-state index contributed by atoms with van der Waals surface area (Å²) in [5.41, 5.74) is 11.6. The van der Waals surface area contributed by atoms with Gasteiger partial charge in [-0.05, 0) is 62.7 Å². The Kier molecular flexibility index (Phi) is 5.49. The van der Waals surface area contributed by atoms with E-state index in [1.807, 2.05) is 60.0 Å². The monoisotopic (exact) mass is 428 g/mol. The summed E-state index contributed by atoms with van der Waals surface area (Å²) in [7, 11) is 0. The van der Waals surface area contributed by atoms with Crippen LogP contribution in [-0.2, 0) is 0 Å². The first-order chi connectivity index (χ1) is 15.6. The summed E-state index contributed by atoms with van der Waals surface area (Å²) in [6.07, 6.45) is 3.76. The number of carbonyl (C=O) groups is 1. The summed E-state index contributed by atoms with van der Waals surface area (Å²) in [5.74, 6) is 0.150. The maximum Gasteiger partial charge on any atom is 0.257 e. The SMILES string of the molecule is Cc1cccc(-n2c(N)c(C(=O)NCCN3CCCCC3)c3nc4ccccc4nc32)c1. The van der Waals surface area contributed by atoms with Gasteiger partial charge in [0.15, 0.2) is 5.65 Å². The van der Waals surface area contributed by atoms with Crippen molar-refractivity contribution in [3.63, 3.8) is 0 Å². The van der Waals surface area contributed by atoms with Crippen molar-refractivity contribution in [1.82, 2.24) is 24.8 Å². The van der Waals surface area contributed by atoms with Crippen molar-refractivity contribution in [1.29, 1.82) is 0 Å². The van der Waals surface area contributed by atoms with Crippen LogP contribution in [0.2, 0.25) is 0 Å². The lowest BCUT2D eigenvalue weighted by Crippen LogP contribution is -2.37. The molecule has 0 atom stereocenters. The zero-order chi connectivity index (χ0) is 22.1. The zero-order valence-electron chi connectivity index (χ0n) is 18.3. The van der Waals surface area contributed by atoms with Crippen LogP contribution in [0.3, 0.4) is 0 Å². The lowest BCUT2D eigenvalue weighted by atomic mass is 10.1. The average Bonchev–Trinajstić information content (AvgIpc) is 3.08. The maximum absolute atomic E-state index is 13.3. The van der Waals surface area contributed by atoms with Crippen molar-refractivity contribution in [3.05, 3.63) is 59.7 Å². The van der Waals surface area contributed by atoms with Gasteiger partial charge in [-0.1, -0.05) is 30.7 Å². The highest BCUT2D eigenvalue weighted by Crippen LogP contribution is 2.31. The number of hydrogen-bond acceptors (Lipinski definition) is 5. The molecule has 2 aromatic carbocycles. The van der Waals surface area contributed by atoms with Gasteiger partial charge in [0.25, 0.3) is 5.91 Å². The van der Waals surface area contributed by atoms with E-state index in [9.17, 15) is 4.79 Å². The second-order valence-corrected chi connectivity index (χ2v) is 8.48. The fraction of sp³-hybridized carbons (Fsp3) is 0.320. The van der Waals surface area contributed by atoms with Gasteiger partial charge < -0.3 is 16.0 Å². The summed E-state index contributed by atoms with van der Waals surface area (Å²) < 4.78 is 1.83. The van der Waals surface area contributed by atoms with Gasteiger partial charge in [0, 0.05) is 18.8 Å². The van der Waals surface area contributed by atoms with Crippen LogP contribution in [0, 0.1) is 6.92 Å². The third kappa shape index (κ3) is 3.80. The number of nitrogens with zero attached hydrogens (tertiary/aromatic N) is 4. The summed E-state index contributed by atoms with van der Waals surface area (Å²) in [5, 5.41) is 3.06. The molecule has 5 rings (SSSR count). The normalized spacial score (nSPS) is 14.8. The van der Waals surface area contributed by atoms with Crippen LogP contribution in [0.1, 0.15) is 35.2 Å². The van der Waals surface area contributed by atoms with E-state index < -0.39 is 0 Å². The van der Waals surface area contributed by atoms with Crippen LogP contribution in [0.25, 0.3) is 27.9 Å². The minimum atomic E-state index is -0.208. The van der Waals surface area contributed by atoms with Gasteiger partial charge in [-0.2, -0.15) is 0 Å². The molecular formula is C25H28N6O. The number of hydrogen-bond donors (Lipinski definition) is 2. The first kappa shape index (κ1) is 20.5. The molecule has 4 aromatic rings. The quantitative estimate of drug-likeness (QED) is 0.506. The molecule has 0 saturated carbocycles. The van der Waals surface area contributed by atoms with E-state index in [0.29, 0.717) is 29.1 Å². The van der Waals surface area contributed by atoms with Gasteiger partial charge in [0.05, 0.1) is 11.0 Å². The second kappa shape index (κ2) is 8.59. The Morgan fingerprint density at radius 1 is 1.03 bits per heavy atom. The highest BCUT2D eigenvalue weighted by atomic mass is 16.1. The molecule has 32 heavy (non-hydrogen) atoms. The fourth-order valence-corrected chi connectivity index (χ4v) is 4.51. The fourth-order valence-electron chi connectivity index (χ4n) is 4.51. The predicted molar refractivity (Wildman–Crippen MR) is 128 cm³/mol. The summed E-state index contributed by atoms with van der Waals surface area (Å²) in [6, 6.07) is 15.7. The van der Waals surface area contributed by atoms with Crippen LogP contribution in [0.5, 0.6) is 0 Å². The largest absolute Gasteiger partial charge is 0.384 e. The highest BCUT2D eigenvalue weighted by Gasteiger charge is 2.25. The van der Waals surface area contributed by atoms with Crippen molar-refractivity contribution < 1.29 is 4.79 Å². The highest BCUT2D eigenvalue weighted by molar-refractivity contribution is 6.11. The molecule has 7 nitrogen and oxygen atoms in total. The standard InChI is InChI=1S/C25H28N6O/c1-17-8-7-9-18(16-17)31-23(26)21(25(32)27-12-15-30-13-5-2-6-14-30)22-24(31)29-20-11-4-3-10-19(20)28-22/h3-4,7-11,16H,2,5-6,12-15,26H2,1H3,(H,27,32). The van der Waals surface area contributed by atoms with Gasteiger partial charge in [-0.3, -0.25) is 9.36 Å². The van der Waals surface area contributed by atoms with Crippen molar-refractivity contribution in [2.45, 2.75) is 26.2 Å². The Hall–Kier alpha value is -3.45. The molecule has 0 aliphatic carbocycles. The van der Waals surface area contributed by atoms with Crippen LogP contribution in [-0.4, -0.2) is 51.5 Å². The van der Waals surface area contributed by atoms with E-state index in [-0.39, 0.29) is 5.91 Å². The molecule has 0 radical (unpaired) electrons. The Morgan fingerprint density at radius 2 is 1.78 bits per heavy atom. The molecule has 2 aromatic heterocycles. The van der Waals surface area contributed by atoms with E-state index in [1.165, 1.54) is 19.3 Å². The molecule has 3 heterocycles. The lowest BCUT2D eigenvalue weighted by Gasteiger charge is -2.26. The number of benzene rings is 2. The third-order valence-electron chi connectivity index (χ3n) is 6.15. The van der Waals surface area contributed by atoms with E-state index in [2.05, 4.69) is 10.2 Å². The van der Waals surface area contributed by atoms with Gasteiger partial charge in [0.2, 0.25) is 0 Å². The van der Waals surface area contributed by atoms with Crippen molar-refractivity contribution >= 4 is 33.9 Å². The summed E-state index contributed by atoms with van der Waals surface area (Å²) in [4.78, 5) is 25.3. The number of aryl methyl sites for hydroxylation is 1. The molecule has 164 valence electrons. The topological polar surface area (TPSA) is 89.1 Å². The lowest BCUT2D eigenvalue weighted by molar-refractivity contribution is 0.0949. The first-order valence-electron chi connectivity index (χ1n) is 11.3. The average molecular weight is 429 g/mol. The molecular weight excluding hydrogens is 400 g/mol. The number of piperidine rings is 1. The zero-order valence-corrected chi connectivity index (χ0v) is 18.3. The van der Waals surface area contributed by atoms with Crippen molar-refractivity contribution in [3.8, 4) is 5.69 Å². The number of amides is 1. The van der Waals surface area contributed by atoms with Crippen LogP contribution in [0.15, 0.2) is 48.5 Å². The van der Waals surface area contributed by atoms with Gasteiger partial charge in [-0.25, -0.2) is 9.97 Å². The Bertz CT molecular complexity index is 1290. The third-order valence-corrected chi connectivity index (χ3v) is 6.15. The number of anilines is 1. The summed E-state index contributed by atoms with van der Waals surface area (Å²) in [6.45, 7) is 5.65. The van der Waals surface area contributed by atoms with E-state index in [1.54, 1.807) is 0 Å². The van der Waals surface area contributed by atoms with Crippen molar-refractivity contribution in [2.24, 2.45) is 0 Å². The number of likely N-dealkylation sites (tertiary alicyclic amines) is 1. The number of para-hydroxylation sites is 2. The van der Waals surface area contributed by atoms with Gasteiger partial charge in [-0.15, -0.1) is 0 Å². The molecule has 1 aliphatic rings. The maximum atomic E-state index is 13.3. The Labute approximate surface area is 187 Å². The second-order valence-electron chi connectivity index (χ2n) is 8.48. The van der Waals surface area contributed by atoms with E-state index in [4.69, 9.17) is 15.7 Å². The molecule has 0 bridgehead atoms. The minimum absolute atomic E-state index is 0.208. The first-order valence-corrected chi connectivity index (χ1v) is 11.3. The summed E-state index contributed by atoms with van der Waals surface area (Å²) >= 11 is 0. The Balaban J connectivity index is 1.55. The van der Waals surface area contributed by atoms with Crippen LogP contribution >= 0.6 is 0 Å². The number of nitrogens with one attached hydrogen (secondary N) is 1. The molecule has 1 saturated heterocycles. The van der Waals surface area contributed by atoms with Crippen molar-refractivity contribution in [2.75, 3.05) is 31.9 Å². The Morgan fingerprint density at radius 3 is 2.53 bits per heavy atom. The smallest absolute Gasteiger partial charge is 0.257 e. The van der Waals surface area contributed by atoms with Crippen LogP contribution < -0.4 is 11.1 Å². The number of fused-ring (bicyclic) bond motifs is 2. The van der Waals surface area contributed by atoms with E-state index in [0.717, 1.165) is 41.9 Å². The molecule has 0 spiro atoms. The molecule has 3 N–H and O–H groups in total. The number of aromatic nitrogens is 3. The van der Waals surface area contributed by atoms with Crippen LogP contribution in [0.4, 0.5) is 5.82 Å².